The molecule has 0 unspecified atom stereocenters. The number of nitrogens with one attached hydrogen (secondary N) is 1. The molecule has 7 heteroatoms. The van der Waals surface area contributed by atoms with Gasteiger partial charge in [-0.05, 0) is 31.5 Å². The molecule has 0 aliphatic carbocycles. The molecule has 0 radical (unpaired) electrons. The molecule has 0 aromatic heterocycles. The summed E-state index contributed by atoms with van der Waals surface area (Å²) in [6.07, 6.45) is 0.277. The molecule has 1 amide bonds. The molecule has 1 aliphatic heterocycles. The summed E-state index contributed by atoms with van der Waals surface area (Å²) in [7, 11) is 0. The van der Waals surface area contributed by atoms with Crippen LogP contribution in [0.2, 0.25) is 10.0 Å². The molecule has 0 bridgehead atoms. The summed E-state index contributed by atoms with van der Waals surface area (Å²) in [5.74, 6) is -0.189. The van der Waals surface area contributed by atoms with E-state index >= 15 is 0 Å². The van der Waals surface area contributed by atoms with Crippen molar-refractivity contribution in [1.82, 2.24) is 4.90 Å². The number of β-amino-alcohol motifs (C(OH)–C–C–N with tert-alkyl or cyclic N) is 1. The molecule has 1 aliphatic rings. The van der Waals surface area contributed by atoms with Gasteiger partial charge < -0.3 is 15.5 Å². The highest BCUT2D eigenvalue weighted by molar-refractivity contribution is 6.35. The fourth-order valence-electron chi connectivity index (χ4n) is 2.74. The van der Waals surface area contributed by atoms with Crippen LogP contribution in [0.3, 0.4) is 0 Å². The third kappa shape index (κ3) is 4.12. The van der Waals surface area contributed by atoms with Crippen molar-refractivity contribution >= 4 is 34.8 Å². The monoisotopic (exact) mass is 346 g/mol. The Morgan fingerprint density at radius 3 is 2.91 bits per heavy atom. The lowest BCUT2D eigenvalue weighted by Gasteiger charge is -2.32. The maximum absolute atomic E-state index is 12.0. The molecule has 2 atom stereocenters. The van der Waals surface area contributed by atoms with Crippen LogP contribution in [0.5, 0.6) is 0 Å². The number of halogens is 2. The average molecular weight is 347 g/mol. The summed E-state index contributed by atoms with van der Waals surface area (Å²) in [4.78, 5) is 14.0. The molecule has 1 aromatic carbocycles. The number of likely N-dealkylation sites (tertiary alicyclic amines) is 1. The molecule has 22 heavy (non-hydrogen) atoms. The summed E-state index contributed by atoms with van der Waals surface area (Å²) in [6, 6.07) is 4.87. The highest BCUT2D eigenvalue weighted by Gasteiger charge is 2.40. The zero-order valence-corrected chi connectivity index (χ0v) is 13.9. The predicted octanol–water partition coefficient (Wildman–Crippen LogP) is 2.14. The van der Waals surface area contributed by atoms with Gasteiger partial charge in [-0.1, -0.05) is 23.2 Å². The summed E-state index contributed by atoms with van der Waals surface area (Å²) in [5.41, 5.74) is -0.00142. The topological polar surface area (TPSA) is 72.8 Å². The molecule has 2 rings (SSSR count). The lowest BCUT2D eigenvalue weighted by atomic mass is 9.99. The van der Waals surface area contributed by atoms with E-state index in [1.54, 1.807) is 18.2 Å². The van der Waals surface area contributed by atoms with Crippen LogP contribution in [-0.2, 0) is 4.79 Å². The molecular weight excluding hydrogens is 327 g/mol. The van der Waals surface area contributed by atoms with Crippen molar-refractivity contribution < 1.29 is 15.0 Å². The average Bonchev–Trinajstić information content (AvgIpc) is 2.76. The number of amides is 1. The van der Waals surface area contributed by atoms with Crippen molar-refractivity contribution in [2.75, 3.05) is 25.0 Å². The zero-order chi connectivity index (χ0) is 16.3. The van der Waals surface area contributed by atoms with Gasteiger partial charge in [0.2, 0.25) is 5.91 Å². The second kappa shape index (κ2) is 7.15. The molecule has 1 aromatic rings. The Hall–Kier alpha value is -0.850. The van der Waals surface area contributed by atoms with Crippen molar-refractivity contribution in [1.29, 1.82) is 0 Å². The normalized spacial score (nSPS) is 25.4. The first-order chi connectivity index (χ1) is 10.3. The van der Waals surface area contributed by atoms with Gasteiger partial charge in [-0.2, -0.15) is 0 Å². The third-order valence-corrected chi connectivity index (χ3v) is 4.59. The van der Waals surface area contributed by atoms with E-state index in [0.717, 1.165) is 0 Å². The smallest absolute Gasteiger partial charge is 0.225 e. The SMILES string of the molecule is C[C@]1(CO)C[C@@H](O)CN1CCC(=O)Nc1cc(Cl)ccc1Cl. The van der Waals surface area contributed by atoms with Crippen LogP contribution in [0.25, 0.3) is 0 Å². The quantitative estimate of drug-likeness (QED) is 0.763. The Bertz CT molecular complexity index is 556. The van der Waals surface area contributed by atoms with Crippen LogP contribution in [0.15, 0.2) is 18.2 Å². The molecule has 3 N–H and O–H groups in total. The van der Waals surface area contributed by atoms with Gasteiger partial charge in [-0.25, -0.2) is 0 Å². The number of hydrogen-bond acceptors (Lipinski definition) is 4. The first-order valence-corrected chi connectivity index (χ1v) is 7.88. The van der Waals surface area contributed by atoms with Crippen LogP contribution in [0, 0.1) is 0 Å². The molecule has 0 saturated carbocycles. The Labute approximate surface area is 139 Å². The molecular formula is C15H20Cl2N2O3. The Kier molecular flexibility index (Phi) is 5.69. The van der Waals surface area contributed by atoms with Crippen LogP contribution in [-0.4, -0.2) is 52.4 Å². The van der Waals surface area contributed by atoms with Gasteiger partial charge in [0.15, 0.2) is 0 Å². The van der Waals surface area contributed by atoms with Crippen molar-refractivity contribution in [3.63, 3.8) is 0 Å². The summed E-state index contributed by atoms with van der Waals surface area (Å²) in [5, 5.41) is 22.9. The number of rotatable bonds is 5. The second-order valence-electron chi connectivity index (χ2n) is 5.88. The number of anilines is 1. The maximum Gasteiger partial charge on any atom is 0.225 e. The van der Waals surface area contributed by atoms with E-state index < -0.39 is 11.6 Å². The molecule has 1 fully saturated rings. The lowest BCUT2D eigenvalue weighted by molar-refractivity contribution is -0.116. The lowest BCUT2D eigenvalue weighted by Crippen LogP contribution is -2.45. The van der Waals surface area contributed by atoms with E-state index in [9.17, 15) is 15.0 Å². The Morgan fingerprint density at radius 1 is 1.50 bits per heavy atom. The van der Waals surface area contributed by atoms with Gasteiger partial charge in [-0.15, -0.1) is 0 Å². The van der Waals surface area contributed by atoms with E-state index in [4.69, 9.17) is 23.2 Å². The minimum Gasteiger partial charge on any atom is -0.394 e. The molecule has 1 heterocycles. The van der Waals surface area contributed by atoms with Gasteiger partial charge in [0.05, 0.1) is 23.4 Å². The van der Waals surface area contributed by atoms with Gasteiger partial charge in [0.1, 0.15) is 0 Å². The molecule has 122 valence electrons. The van der Waals surface area contributed by atoms with Crippen molar-refractivity contribution in [3.05, 3.63) is 28.2 Å². The van der Waals surface area contributed by atoms with Crippen LogP contribution < -0.4 is 5.32 Å². The largest absolute Gasteiger partial charge is 0.394 e. The first kappa shape index (κ1) is 17.5. The summed E-state index contributed by atoms with van der Waals surface area (Å²) < 4.78 is 0. The van der Waals surface area contributed by atoms with Gasteiger partial charge >= 0.3 is 0 Å². The highest BCUT2D eigenvalue weighted by atomic mass is 35.5. The predicted molar refractivity (Wildman–Crippen MR) is 87.4 cm³/mol. The van der Waals surface area contributed by atoms with Crippen molar-refractivity contribution in [3.8, 4) is 0 Å². The van der Waals surface area contributed by atoms with Gasteiger partial charge in [0, 0.05) is 30.1 Å². The maximum atomic E-state index is 12.0. The van der Waals surface area contributed by atoms with Gasteiger partial charge in [0.25, 0.3) is 0 Å². The minimum atomic E-state index is -0.479. The fraction of sp³-hybridized carbons (Fsp3) is 0.533. The first-order valence-electron chi connectivity index (χ1n) is 7.13. The number of carbonyl (C=O) groups excluding carboxylic acids is 1. The van der Waals surface area contributed by atoms with Crippen molar-refractivity contribution in [2.24, 2.45) is 0 Å². The standard InChI is InChI=1S/C15H20Cl2N2O3/c1-15(9-20)7-11(21)8-19(15)5-4-14(22)18-13-6-10(16)2-3-12(13)17/h2-3,6,11,20-21H,4-5,7-9H2,1H3,(H,18,22)/t11-,15-/m1/s1. The van der Waals surface area contributed by atoms with E-state index in [0.29, 0.717) is 35.2 Å². The third-order valence-electron chi connectivity index (χ3n) is 4.02. The van der Waals surface area contributed by atoms with Crippen LogP contribution in [0.1, 0.15) is 19.8 Å². The molecule has 0 spiro atoms. The number of benzene rings is 1. The van der Waals surface area contributed by atoms with E-state index in [2.05, 4.69) is 5.32 Å². The number of aliphatic hydroxyl groups excluding tert-OH is 2. The summed E-state index contributed by atoms with van der Waals surface area (Å²) >= 11 is 11.9. The minimum absolute atomic E-state index is 0.0498. The van der Waals surface area contributed by atoms with Crippen LogP contribution in [0.4, 0.5) is 5.69 Å². The number of hydrogen-bond donors (Lipinski definition) is 3. The zero-order valence-electron chi connectivity index (χ0n) is 12.4. The van der Waals surface area contributed by atoms with Gasteiger partial charge in [-0.3, -0.25) is 9.69 Å². The van der Waals surface area contributed by atoms with E-state index in [1.807, 2.05) is 11.8 Å². The van der Waals surface area contributed by atoms with E-state index in [1.165, 1.54) is 0 Å². The van der Waals surface area contributed by atoms with E-state index in [-0.39, 0.29) is 18.9 Å². The Balaban J connectivity index is 1.91. The number of carbonyl (C=O) groups is 1. The second-order valence-corrected chi connectivity index (χ2v) is 6.72. The van der Waals surface area contributed by atoms with Crippen LogP contribution >= 0.6 is 23.2 Å². The summed E-state index contributed by atoms with van der Waals surface area (Å²) in [6.45, 7) is 2.75. The Morgan fingerprint density at radius 2 is 2.23 bits per heavy atom. The number of nitrogens with zero attached hydrogens (tertiary/aromatic N) is 1. The fourth-order valence-corrected chi connectivity index (χ4v) is 3.08. The number of aliphatic hydroxyl groups is 2. The highest BCUT2D eigenvalue weighted by Crippen LogP contribution is 2.29. The molecule has 5 nitrogen and oxygen atoms in total. The molecule has 1 saturated heterocycles. The van der Waals surface area contributed by atoms with Crippen molar-refractivity contribution in [2.45, 2.75) is 31.4 Å².